The zero-order chi connectivity index (χ0) is 12.3. The van der Waals surface area contributed by atoms with Crippen LogP contribution in [0.3, 0.4) is 0 Å². The number of aliphatic imine (C=N–C) groups is 1. The first kappa shape index (κ1) is 12.4. The second kappa shape index (κ2) is 5.49. The largest absolute Gasteiger partial charge is 0.361 e. The molecule has 1 N–H and O–H groups in total. The number of nitrogens with zero attached hydrogens (tertiary/aromatic N) is 1. The van der Waals surface area contributed by atoms with E-state index in [4.69, 9.17) is 0 Å². The summed E-state index contributed by atoms with van der Waals surface area (Å²) < 4.78 is 25.7. The summed E-state index contributed by atoms with van der Waals surface area (Å²) in [4.78, 5) is 4.34. The van der Waals surface area contributed by atoms with Crippen molar-refractivity contribution in [2.45, 2.75) is 25.1 Å². The van der Waals surface area contributed by atoms with Crippen LogP contribution in [0.15, 0.2) is 23.2 Å². The van der Waals surface area contributed by atoms with Crippen LogP contribution in [0.5, 0.6) is 0 Å². The Balaban J connectivity index is 1.88. The normalized spacial score (nSPS) is 19.2. The molecule has 1 aliphatic rings. The molecule has 0 aliphatic carbocycles. The van der Waals surface area contributed by atoms with Crippen LogP contribution < -0.4 is 5.32 Å². The third-order valence-corrected chi connectivity index (χ3v) is 3.91. The Kier molecular flexibility index (Phi) is 3.99. The number of hydrogen-bond acceptors (Lipinski definition) is 3. The molecule has 0 saturated carbocycles. The van der Waals surface area contributed by atoms with Gasteiger partial charge in [-0.1, -0.05) is 24.8 Å². The van der Waals surface area contributed by atoms with Crippen molar-refractivity contribution < 1.29 is 8.78 Å². The summed E-state index contributed by atoms with van der Waals surface area (Å²) >= 11 is 1.71. The molecule has 17 heavy (non-hydrogen) atoms. The quantitative estimate of drug-likeness (QED) is 0.899. The van der Waals surface area contributed by atoms with Crippen LogP contribution >= 0.6 is 11.8 Å². The Bertz CT molecular complexity index is 435. The van der Waals surface area contributed by atoms with Crippen molar-refractivity contribution in [2.75, 3.05) is 6.54 Å². The molecule has 0 bridgehead atoms. The molecule has 1 aromatic carbocycles. The first-order valence-electron chi connectivity index (χ1n) is 5.58. The van der Waals surface area contributed by atoms with Gasteiger partial charge in [0, 0.05) is 11.8 Å². The standard InChI is InChI=1S/C12H14F2N2S/c1-2-9-7-16-12(17-9)15-6-8-3-4-10(13)11(14)5-8/h3-5,9H,2,6-7H2,1H3,(H,15,16). The minimum atomic E-state index is -0.813. The molecule has 5 heteroatoms. The highest BCUT2D eigenvalue weighted by Crippen LogP contribution is 2.22. The van der Waals surface area contributed by atoms with Crippen molar-refractivity contribution in [3.05, 3.63) is 35.4 Å². The predicted molar refractivity (Wildman–Crippen MR) is 67.2 cm³/mol. The molecule has 1 aromatic rings. The Hall–Kier alpha value is -1.10. The monoisotopic (exact) mass is 256 g/mol. The van der Waals surface area contributed by atoms with Gasteiger partial charge in [0.25, 0.3) is 0 Å². The Labute approximate surface area is 104 Å². The molecule has 0 amide bonds. The first-order valence-corrected chi connectivity index (χ1v) is 6.46. The summed E-state index contributed by atoms with van der Waals surface area (Å²) in [5.41, 5.74) is 0.715. The minimum absolute atomic E-state index is 0.472. The van der Waals surface area contributed by atoms with Gasteiger partial charge >= 0.3 is 0 Å². The zero-order valence-electron chi connectivity index (χ0n) is 9.54. The molecule has 0 saturated heterocycles. The molecule has 1 aliphatic heterocycles. The van der Waals surface area contributed by atoms with E-state index in [0.717, 1.165) is 24.2 Å². The summed E-state index contributed by atoms with van der Waals surface area (Å²) in [5.74, 6) is -1.62. The van der Waals surface area contributed by atoms with E-state index in [1.165, 1.54) is 6.07 Å². The van der Waals surface area contributed by atoms with Gasteiger partial charge in [0.1, 0.15) is 0 Å². The van der Waals surface area contributed by atoms with E-state index in [0.29, 0.717) is 17.4 Å². The van der Waals surface area contributed by atoms with Crippen LogP contribution in [0.25, 0.3) is 0 Å². The van der Waals surface area contributed by atoms with Gasteiger partial charge < -0.3 is 5.32 Å². The molecular weight excluding hydrogens is 242 g/mol. The average molecular weight is 256 g/mol. The molecule has 0 fully saturated rings. The molecule has 1 unspecified atom stereocenters. The van der Waals surface area contributed by atoms with Crippen LogP contribution in [-0.4, -0.2) is 17.0 Å². The fourth-order valence-electron chi connectivity index (χ4n) is 1.55. The average Bonchev–Trinajstić information content (AvgIpc) is 2.79. The molecule has 2 rings (SSSR count). The topological polar surface area (TPSA) is 24.4 Å². The molecule has 0 spiro atoms. The number of benzene rings is 1. The number of rotatable bonds is 3. The van der Waals surface area contributed by atoms with E-state index < -0.39 is 11.6 Å². The van der Waals surface area contributed by atoms with Crippen molar-refractivity contribution in [2.24, 2.45) is 4.99 Å². The van der Waals surface area contributed by atoms with Crippen molar-refractivity contribution in [1.29, 1.82) is 0 Å². The van der Waals surface area contributed by atoms with E-state index in [2.05, 4.69) is 17.2 Å². The highest BCUT2D eigenvalue weighted by Gasteiger charge is 2.17. The van der Waals surface area contributed by atoms with E-state index in [-0.39, 0.29) is 0 Å². The number of thioether (sulfide) groups is 1. The molecule has 0 aromatic heterocycles. The summed E-state index contributed by atoms with van der Waals surface area (Å²) in [7, 11) is 0. The molecule has 92 valence electrons. The lowest BCUT2D eigenvalue weighted by atomic mass is 10.2. The van der Waals surface area contributed by atoms with Crippen molar-refractivity contribution in [1.82, 2.24) is 5.32 Å². The van der Waals surface area contributed by atoms with Gasteiger partial charge in [-0.05, 0) is 24.1 Å². The van der Waals surface area contributed by atoms with Gasteiger partial charge in [-0.3, -0.25) is 4.99 Å². The molecular formula is C12H14F2N2S. The molecule has 0 radical (unpaired) electrons. The lowest BCUT2D eigenvalue weighted by Gasteiger charge is -2.07. The maximum atomic E-state index is 13.0. The Morgan fingerprint density at radius 2 is 2.24 bits per heavy atom. The summed E-state index contributed by atoms with van der Waals surface area (Å²) in [5, 5.41) is 4.57. The summed E-state index contributed by atoms with van der Waals surface area (Å²) in [6, 6.07) is 3.92. The van der Waals surface area contributed by atoms with Gasteiger partial charge in [-0.2, -0.15) is 0 Å². The van der Waals surface area contributed by atoms with Gasteiger partial charge in [0.05, 0.1) is 6.54 Å². The third kappa shape index (κ3) is 3.19. The maximum absolute atomic E-state index is 13.0. The second-order valence-corrected chi connectivity index (χ2v) is 5.19. The second-order valence-electron chi connectivity index (χ2n) is 3.90. The maximum Gasteiger partial charge on any atom is 0.159 e. The van der Waals surface area contributed by atoms with Crippen LogP contribution in [0, 0.1) is 11.6 Å². The van der Waals surface area contributed by atoms with Crippen LogP contribution in [-0.2, 0) is 6.54 Å². The van der Waals surface area contributed by atoms with E-state index in [1.54, 1.807) is 17.8 Å². The minimum Gasteiger partial charge on any atom is -0.361 e. The summed E-state index contributed by atoms with van der Waals surface area (Å²) in [6.45, 7) is 3.44. The zero-order valence-corrected chi connectivity index (χ0v) is 10.4. The van der Waals surface area contributed by atoms with Crippen molar-refractivity contribution >= 4 is 16.9 Å². The first-order chi connectivity index (χ1) is 8.19. The smallest absolute Gasteiger partial charge is 0.159 e. The SMILES string of the molecule is CCC1CN=C(NCc2ccc(F)c(F)c2)S1. The number of nitrogens with one attached hydrogen (secondary N) is 1. The fourth-order valence-corrected chi connectivity index (χ4v) is 2.49. The van der Waals surface area contributed by atoms with E-state index in [9.17, 15) is 8.78 Å². The van der Waals surface area contributed by atoms with E-state index >= 15 is 0 Å². The lowest BCUT2D eigenvalue weighted by molar-refractivity contribution is 0.507. The molecule has 1 atom stereocenters. The van der Waals surface area contributed by atoms with E-state index in [1.807, 2.05) is 0 Å². The number of halogens is 2. The van der Waals surface area contributed by atoms with Gasteiger partial charge in [-0.15, -0.1) is 0 Å². The highest BCUT2D eigenvalue weighted by atomic mass is 32.2. The number of hydrogen-bond donors (Lipinski definition) is 1. The highest BCUT2D eigenvalue weighted by molar-refractivity contribution is 8.14. The molecule has 2 nitrogen and oxygen atoms in total. The van der Waals surface area contributed by atoms with Gasteiger partial charge in [-0.25, -0.2) is 8.78 Å². The van der Waals surface area contributed by atoms with Crippen LogP contribution in [0.4, 0.5) is 8.78 Å². The lowest BCUT2D eigenvalue weighted by Crippen LogP contribution is -2.19. The summed E-state index contributed by atoms with van der Waals surface area (Å²) in [6.07, 6.45) is 1.09. The number of amidine groups is 1. The van der Waals surface area contributed by atoms with Gasteiger partial charge in [0.2, 0.25) is 0 Å². The Morgan fingerprint density at radius 3 is 2.88 bits per heavy atom. The van der Waals surface area contributed by atoms with Crippen molar-refractivity contribution in [3.63, 3.8) is 0 Å². The van der Waals surface area contributed by atoms with Crippen LogP contribution in [0.2, 0.25) is 0 Å². The predicted octanol–water partition coefficient (Wildman–Crippen LogP) is 2.94. The van der Waals surface area contributed by atoms with Crippen LogP contribution in [0.1, 0.15) is 18.9 Å². The Morgan fingerprint density at radius 1 is 1.41 bits per heavy atom. The fraction of sp³-hybridized carbons (Fsp3) is 0.417. The van der Waals surface area contributed by atoms with Crippen molar-refractivity contribution in [3.8, 4) is 0 Å². The molecule has 1 heterocycles. The third-order valence-electron chi connectivity index (χ3n) is 2.60. The van der Waals surface area contributed by atoms with Gasteiger partial charge in [0.15, 0.2) is 16.8 Å².